The van der Waals surface area contributed by atoms with E-state index in [0.717, 1.165) is 6.54 Å². The summed E-state index contributed by atoms with van der Waals surface area (Å²) < 4.78 is 0. The van der Waals surface area contributed by atoms with Gasteiger partial charge in [0, 0.05) is 20.3 Å². The van der Waals surface area contributed by atoms with Crippen LogP contribution < -0.4 is 0 Å². The fourth-order valence-corrected chi connectivity index (χ4v) is 1.79. The molecular formula is C15H24N2. The second-order valence-electron chi connectivity index (χ2n) is 4.49. The van der Waals surface area contributed by atoms with Crippen LogP contribution in [0.2, 0.25) is 0 Å². The maximum absolute atomic E-state index is 2.24. The lowest BCUT2D eigenvalue weighted by Gasteiger charge is -2.27. The van der Waals surface area contributed by atoms with Crippen molar-refractivity contribution in [3.8, 4) is 0 Å². The molecule has 0 saturated heterocycles. The Morgan fingerprint density at radius 2 is 1.65 bits per heavy atom. The highest BCUT2D eigenvalue weighted by Gasteiger charge is 2.03. The average Bonchev–Trinajstić information content (AvgIpc) is 2.31. The Bertz CT molecular complexity index is 338. The van der Waals surface area contributed by atoms with Crippen molar-refractivity contribution in [3.63, 3.8) is 0 Å². The van der Waals surface area contributed by atoms with Crippen LogP contribution in [0.4, 0.5) is 0 Å². The van der Waals surface area contributed by atoms with Crippen LogP contribution in [0.1, 0.15) is 31.4 Å². The van der Waals surface area contributed by atoms with E-state index >= 15 is 0 Å². The van der Waals surface area contributed by atoms with Crippen LogP contribution in [0.25, 0.3) is 0 Å². The monoisotopic (exact) mass is 232 g/mol. The lowest BCUT2D eigenvalue weighted by Crippen LogP contribution is -2.31. The molecule has 0 N–H and O–H groups in total. The number of nitrogens with zero attached hydrogens (tertiary/aromatic N) is 2. The highest BCUT2D eigenvalue weighted by atomic mass is 15.6. The molecule has 17 heavy (non-hydrogen) atoms. The molecule has 1 aromatic carbocycles. The zero-order chi connectivity index (χ0) is 12.7. The molecule has 1 aromatic rings. The van der Waals surface area contributed by atoms with Crippen molar-refractivity contribution >= 4 is 0 Å². The van der Waals surface area contributed by atoms with Gasteiger partial charge < -0.3 is 5.01 Å². The van der Waals surface area contributed by atoms with Crippen LogP contribution in [0.15, 0.2) is 36.5 Å². The number of allylic oxidation sites excluding steroid dienone is 1. The molecule has 0 atom stereocenters. The third-order valence-electron chi connectivity index (χ3n) is 2.74. The van der Waals surface area contributed by atoms with E-state index in [-0.39, 0.29) is 0 Å². The standard InChI is InChI=1S/C15H24N2/c1-5-7-14-8-10-15(11-9-14)13-17(12-6-2)16(3)4/h6,8-12H,5,7,13H2,1-4H3/b12-6-. The predicted molar refractivity (Wildman–Crippen MR) is 74.5 cm³/mol. The van der Waals surface area contributed by atoms with E-state index in [1.165, 1.54) is 24.0 Å². The van der Waals surface area contributed by atoms with Crippen molar-refractivity contribution in [1.29, 1.82) is 0 Å². The van der Waals surface area contributed by atoms with Gasteiger partial charge in [0.15, 0.2) is 0 Å². The van der Waals surface area contributed by atoms with Crippen molar-refractivity contribution in [2.45, 2.75) is 33.2 Å². The molecule has 0 heterocycles. The molecule has 0 amide bonds. The minimum atomic E-state index is 0.920. The average molecular weight is 232 g/mol. The van der Waals surface area contributed by atoms with Crippen LogP contribution in [-0.2, 0) is 13.0 Å². The van der Waals surface area contributed by atoms with Crippen LogP contribution in [0.5, 0.6) is 0 Å². The first-order chi connectivity index (χ1) is 8.17. The highest BCUT2D eigenvalue weighted by Crippen LogP contribution is 2.10. The molecule has 2 heteroatoms. The number of hydrogen-bond donors (Lipinski definition) is 0. The summed E-state index contributed by atoms with van der Waals surface area (Å²) in [5.74, 6) is 0. The molecule has 0 radical (unpaired) electrons. The molecule has 0 aliphatic carbocycles. The Balaban J connectivity index is 2.66. The van der Waals surface area contributed by atoms with Crippen molar-refractivity contribution in [3.05, 3.63) is 47.7 Å². The third-order valence-corrected chi connectivity index (χ3v) is 2.74. The summed E-state index contributed by atoms with van der Waals surface area (Å²) in [6, 6.07) is 8.93. The smallest absolute Gasteiger partial charge is 0.0590 e. The maximum Gasteiger partial charge on any atom is 0.0590 e. The maximum atomic E-state index is 2.24. The van der Waals surface area contributed by atoms with E-state index in [2.05, 4.69) is 67.6 Å². The van der Waals surface area contributed by atoms with Gasteiger partial charge in [0.1, 0.15) is 0 Å². The van der Waals surface area contributed by atoms with E-state index in [1.807, 2.05) is 6.92 Å². The molecule has 1 rings (SSSR count). The predicted octanol–water partition coefficient (Wildman–Crippen LogP) is 3.45. The minimum Gasteiger partial charge on any atom is -0.309 e. The first-order valence-corrected chi connectivity index (χ1v) is 6.32. The molecule has 0 aliphatic rings. The SMILES string of the molecule is C/C=C\N(Cc1ccc(CCC)cc1)N(C)C. The number of hydrogen-bond acceptors (Lipinski definition) is 2. The third kappa shape index (κ3) is 4.61. The second-order valence-corrected chi connectivity index (χ2v) is 4.49. The fourth-order valence-electron chi connectivity index (χ4n) is 1.79. The highest BCUT2D eigenvalue weighted by molar-refractivity contribution is 5.22. The molecule has 0 bridgehead atoms. The van der Waals surface area contributed by atoms with Gasteiger partial charge in [0.05, 0.1) is 6.54 Å². The number of aryl methyl sites for hydroxylation is 1. The lowest BCUT2D eigenvalue weighted by atomic mass is 10.1. The zero-order valence-electron chi connectivity index (χ0n) is 11.5. The van der Waals surface area contributed by atoms with Gasteiger partial charge in [-0.05, 0) is 24.5 Å². The van der Waals surface area contributed by atoms with E-state index < -0.39 is 0 Å². The Kier molecular flexibility index (Phi) is 5.78. The Hall–Kier alpha value is -1.28. The fraction of sp³-hybridized carbons (Fsp3) is 0.467. The quantitative estimate of drug-likeness (QED) is 0.693. The minimum absolute atomic E-state index is 0.920. The summed E-state index contributed by atoms with van der Waals surface area (Å²) in [5.41, 5.74) is 2.77. The van der Waals surface area contributed by atoms with Crippen LogP contribution in [0.3, 0.4) is 0 Å². The lowest BCUT2D eigenvalue weighted by molar-refractivity contribution is 0.0738. The number of benzene rings is 1. The molecule has 94 valence electrons. The van der Waals surface area contributed by atoms with Crippen molar-refractivity contribution in [2.75, 3.05) is 14.1 Å². The normalized spacial score (nSPS) is 11.4. The van der Waals surface area contributed by atoms with Gasteiger partial charge in [0.25, 0.3) is 0 Å². The molecule has 2 nitrogen and oxygen atoms in total. The van der Waals surface area contributed by atoms with Gasteiger partial charge in [0.2, 0.25) is 0 Å². The summed E-state index contributed by atoms with van der Waals surface area (Å²) in [5, 5.41) is 4.29. The van der Waals surface area contributed by atoms with E-state index in [4.69, 9.17) is 0 Å². The van der Waals surface area contributed by atoms with Gasteiger partial charge >= 0.3 is 0 Å². The first kappa shape index (κ1) is 13.8. The summed E-state index contributed by atoms with van der Waals surface area (Å²) >= 11 is 0. The zero-order valence-corrected chi connectivity index (χ0v) is 11.5. The molecule has 0 fully saturated rings. The van der Waals surface area contributed by atoms with Crippen LogP contribution in [0, 0.1) is 0 Å². The van der Waals surface area contributed by atoms with E-state index in [9.17, 15) is 0 Å². The molecule has 0 aliphatic heterocycles. The molecule has 0 aromatic heterocycles. The van der Waals surface area contributed by atoms with Gasteiger partial charge in [-0.25, -0.2) is 5.01 Å². The Morgan fingerprint density at radius 3 is 2.12 bits per heavy atom. The second kappa shape index (κ2) is 7.13. The number of hydrazine groups is 1. The molecule has 0 spiro atoms. The molecular weight excluding hydrogens is 208 g/mol. The van der Waals surface area contributed by atoms with Gasteiger partial charge in [-0.1, -0.05) is 43.7 Å². The molecule has 0 saturated carbocycles. The van der Waals surface area contributed by atoms with E-state index in [0.29, 0.717) is 0 Å². The van der Waals surface area contributed by atoms with Crippen LogP contribution in [-0.4, -0.2) is 24.1 Å². The topological polar surface area (TPSA) is 6.48 Å². The van der Waals surface area contributed by atoms with Crippen LogP contribution >= 0.6 is 0 Å². The Labute approximate surface area is 106 Å². The molecule has 0 unspecified atom stereocenters. The van der Waals surface area contributed by atoms with Gasteiger partial charge in [-0.2, -0.15) is 0 Å². The van der Waals surface area contributed by atoms with Gasteiger partial charge in [-0.3, -0.25) is 0 Å². The number of rotatable bonds is 6. The van der Waals surface area contributed by atoms with Crippen molar-refractivity contribution in [1.82, 2.24) is 10.0 Å². The first-order valence-electron chi connectivity index (χ1n) is 6.32. The van der Waals surface area contributed by atoms with Crippen molar-refractivity contribution < 1.29 is 0 Å². The largest absolute Gasteiger partial charge is 0.309 e. The summed E-state index contributed by atoms with van der Waals surface area (Å²) in [6.45, 7) is 5.18. The van der Waals surface area contributed by atoms with Crippen molar-refractivity contribution in [2.24, 2.45) is 0 Å². The summed E-state index contributed by atoms with van der Waals surface area (Å²) in [7, 11) is 4.12. The summed E-state index contributed by atoms with van der Waals surface area (Å²) in [6.07, 6.45) is 6.54. The van der Waals surface area contributed by atoms with E-state index in [1.54, 1.807) is 0 Å². The summed E-state index contributed by atoms with van der Waals surface area (Å²) in [4.78, 5) is 0. The van der Waals surface area contributed by atoms with Gasteiger partial charge in [-0.15, -0.1) is 0 Å². The Morgan fingerprint density at radius 1 is 1.06 bits per heavy atom.